The molecule has 1 amide bonds. The van der Waals surface area contributed by atoms with Crippen molar-refractivity contribution >= 4 is 17.6 Å². The molecule has 108 valence electrons. The van der Waals surface area contributed by atoms with Crippen LogP contribution in [-0.4, -0.2) is 40.4 Å². The Morgan fingerprint density at radius 3 is 2.55 bits per heavy atom. The van der Waals surface area contributed by atoms with Crippen LogP contribution >= 0.6 is 0 Å². The van der Waals surface area contributed by atoms with Crippen LogP contribution in [0.4, 0.5) is 5.69 Å². The minimum Gasteiger partial charge on any atom is -0.481 e. The summed E-state index contributed by atoms with van der Waals surface area (Å²) in [6.07, 6.45) is -0.125. The third-order valence-electron chi connectivity index (χ3n) is 2.93. The van der Waals surface area contributed by atoms with E-state index in [-0.39, 0.29) is 24.6 Å². The maximum absolute atomic E-state index is 12.0. The van der Waals surface area contributed by atoms with Crippen LogP contribution in [-0.2, 0) is 16.0 Å². The molecule has 0 saturated carbocycles. The molecule has 1 rings (SSSR count). The summed E-state index contributed by atoms with van der Waals surface area (Å²) >= 11 is 0. The van der Waals surface area contributed by atoms with Gasteiger partial charge in [-0.15, -0.1) is 0 Å². The van der Waals surface area contributed by atoms with E-state index in [1.165, 1.54) is 37.1 Å². The van der Waals surface area contributed by atoms with Crippen molar-refractivity contribution in [3.05, 3.63) is 39.9 Å². The molecular formula is C13H16N2O5. The van der Waals surface area contributed by atoms with Crippen molar-refractivity contribution in [2.75, 3.05) is 13.6 Å². The third-order valence-corrected chi connectivity index (χ3v) is 2.93. The Labute approximate surface area is 116 Å². The molecule has 20 heavy (non-hydrogen) atoms. The smallest absolute Gasteiger partial charge is 0.308 e. The van der Waals surface area contributed by atoms with Crippen molar-refractivity contribution < 1.29 is 19.6 Å². The summed E-state index contributed by atoms with van der Waals surface area (Å²) in [4.78, 5) is 34.3. The second-order valence-electron chi connectivity index (χ2n) is 4.58. The summed E-state index contributed by atoms with van der Waals surface area (Å²) in [6, 6.07) is 6.00. The van der Waals surface area contributed by atoms with Crippen molar-refractivity contribution in [2.24, 2.45) is 5.92 Å². The lowest BCUT2D eigenvalue weighted by atomic mass is 10.1. The molecule has 1 aromatic rings. The first kappa shape index (κ1) is 15.6. The molecule has 7 heteroatoms. The van der Waals surface area contributed by atoms with E-state index >= 15 is 0 Å². The zero-order valence-electron chi connectivity index (χ0n) is 11.3. The van der Waals surface area contributed by atoms with E-state index in [2.05, 4.69) is 0 Å². The molecule has 0 aliphatic heterocycles. The molecule has 0 heterocycles. The number of para-hydroxylation sites is 1. The Balaban J connectivity index is 2.76. The first-order valence-electron chi connectivity index (χ1n) is 6.02. The van der Waals surface area contributed by atoms with Crippen LogP contribution in [0, 0.1) is 16.0 Å². The predicted molar refractivity (Wildman–Crippen MR) is 71.2 cm³/mol. The van der Waals surface area contributed by atoms with Crippen LogP contribution in [0.5, 0.6) is 0 Å². The van der Waals surface area contributed by atoms with E-state index in [9.17, 15) is 19.7 Å². The van der Waals surface area contributed by atoms with Gasteiger partial charge >= 0.3 is 5.97 Å². The molecule has 1 unspecified atom stereocenters. The number of nitrogens with zero attached hydrogens (tertiary/aromatic N) is 2. The van der Waals surface area contributed by atoms with E-state index in [1.807, 2.05) is 0 Å². The average molecular weight is 280 g/mol. The number of nitro groups is 1. The zero-order valence-corrected chi connectivity index (χ0v) is 11.3. The second-order valence-corrected chi connectivity index (χ2v) is 4.58. The lowest BCUT2D eigenvalue weighted by Gasteiger charge is -2.19. The van der Waals surface area contributed by atoms with Gasteiger partial charge in [-0.1, -0.05) is 25.1 Å². The molecule has 1 atom stereocenters. The predicted octanol–water partition coefficient (Wildman–Crippen LogP) is 1.32. The van der Waals surface area contributed by atoms with Crippen molar-refractivity contribution in [3.63, 3.8) is 0 Å². The second kappa shape index (κ2) is 6.65. The number of rotatable bonds is 6. The van der Waals surface area contributed by atoms with Gasteiger partial charge < -0.3 is 10.0 Å². The highest BCUT2D eigenvalue weighted by Gasteiger charge is 2.20. The fourth-order valence-corrected chi connectivity index (χ4v) is 1.73. The molecule has 0 radical (unpaired) electrons. The summed E-state index contributed by atoms with van der Waals surface area (Å²) in [7, 11) is 1.48. The fraction of sp³-hybridized carbons (Fsp3) is 0.385. The molecule has 0 aromatic heterocycles. The van der Waals surface area contributed by atoms with Gasteiger partial charge in [-0.05, 0) is 0 Å². The van der Waals surface area contributed by atoms with Crippen molar-refractivity contribution in [1.29, 1.82) is 0 Å². The number of benzene rings is 1. The van der Waals surface area contributed by atoms with Gasteiger partial charge in [0.1, 0.15) is 0 Å². The van der Waals surface area contributed by atoms with Crippen LogP contribution in [0.25, 0.3) is 0 Å². The van der Waals surface area contributed by atoms with Gasteiger partial charge in [-0.3, -0.25) is 19.7 Å². The quantitative estimate of drug-likeness (QED) is 0.625. The monoisotopic (exact) mass is 280 g/mol. The maximum Gasteiger partial charge on any atom is 0.308 e. The molecular weight excluding hydrogens is 264 g/mol. The summed E-state index contributed by atoms with van der Waals surface area (Å²) < 4.78 is 0. The van der Waals surface area contributed by atoms with Gasteiger partial charge in [0.15, 0.2) is 0 Å². The summed E-state index contributed by atoms with van der Waals surface area (Å²) in [6.45, 7) is 1.56. The maximum atomic E-state index is 12.0. The highest BCUT2D eigenvalue weighted by atomic mass is 16.6. The Morgan fingerprint density at radius 1 is 1.40 bits per heavy atom. The molecule has 1 aromatic carbocycles. The van der Waals surface area contributed by atoms with Gasteiger partial charge in [0, 0.05) is 25.2 Å². The Kier molecular flexibility index (Phi) is 5.19. The van der Waals surface area contributed by atoms with Crippen molar-refractivity contribution in [2.45, 2.75) is 13.3 Å². The highest BCUT2D eigenvalue weighted by Crippen LogP contribution is 2.18. The van der Waals surface area contributed by atoms with Crippen molar-refractivity contribution in [1.82, 2.24) is 4.90 Å². The van der Waals surface area contributed by atoms with Gasteiger partial charge in [-0.2, -0.15) is 0 Å². The molecule has 0 aliphatic rings. The van der Waals surface area contributed by atoms with E-state index in [0.29, 0.717) is 5.56 Å². The number of carbonyl (C=O) groups excluding carboxylic acids is 1. The number of carboxylic acids is 1. The number of nitro benzene ring substituents is 1. The van der Waals surface area contributed by atoms with Crippen LogP contribution in [0.2, 0.25) is 0 Å². The highest BCUT2D eigenvalue weighted by molar-refractivity contribution is 5.80. The van der Waals surface area contributed by atoms with Crippen LogP contribution in [0.3, 0.4) is 0 Å². The number of hydrogen-bond donors (Lipinski definition) is 1. The lowest BCUT2D eigenvalue weighted by Crippen LogP contribution is -2.34. The largest absolute Gasteiger partial charge is 0.481 e. The number of hydrogen-bond acceptors (Lipinski definition) is 4. The minimum atomic E-state index is -0.990. The first-order chi connectivity index (χ1) is 9.32. The van der Waals surface area contributed by atoms with E-state index in [4.69, 9.17) is 5.11 Å². The molecule has 0 bridgehead atoms. The van der Waals surface area contributed by atoms with Gasteiger partial charge in [-0.25, -0.2) is 0 Å². The topological polar surface area (TPSA) is 101 Å². The number of amides is 1. The molecule has 1 N–H and O–H groups in total. The van der Waals surface area contributed by atoms with Crippen LogP contribution < -0.4 is 0 Å². The SMILES string of the molecule is CC(CN(C)C(=O)Cc1ccccc1[N+](=O)[O-])C(=O)O. The van der Waals surface area contributed by atoms with E-state index in [1.54, 1.807) is 6.07 Å². The first-order valence-corrected chi connectivity index (χ1v) is 6.02. The normalized spacial score (nSPS) is 11.7. The fourth-order valence-electron chi connectivity index (χ4n) is 1.73. The molecule has 0 saturated heterocycles. The number of aliphatic carboxylic acids is 1. The Morgan fingerprint density at radius 2 is 2.00 bits per heavy atom. The molecule has 0 aliphatic carbocycles. The zero-order chi connectivity index (χ0) is 15.3. The summed E-state index contributed by atoms with van der Waals surface area (Å²) in [5, 5.41) is 19.6. The van der Waals surface area contributed by atoms with Crippen LogP contribution in [0.15, 0.2) is 24.3 Å². The number of carbonyl (C=O) groups is 2. The number of carboxylic acid groups (broad SMARTS) is 1. The Hall–Kier alpha value is -2.44. The Bertz CT molecular complexity index is 529. The van der Waals surface area contributed by atoms with Crippen molar-refractivity contribution in [3.8, 4) is 0 Å². The molecule has 0 fully saturated rings. The van der Waals surface area contributed by atoms with E-state index < -0.39 is 16.8 Å². The standard InChI is InChI=1S/C13H16N2O5/c1-9(13(17)18)8-14(2)12(16)7-10-5-3-4-6-11(10)15(19)20/h3-6,9H,7-8H2,1-2H3,(H,17,18). The van der Waals surface area contributed by atoms with Gasteiger partial charge in [0.05, 0.1) is 17.3 Å². The third kappa shape index (κ3) is 4.04. The minimum absolute atomic E-state index is 0.0643. The molecule has 7 nitrogen and oxygen atoms in total. The molecule has 0 spiro atoms. The summed E-state index contributed by atoms with van der Waals surface area (Å²) in [5.41, 5.74) is 0.206. The van der Waals surface area contributed by atoms with E-state index in [0.717, 1.165) is 0 Å². The number of likely N-dealkylation sites (N-methyl/N-ethyl adjacent to an activating group) is 1. The average Bonchev–Trinajstić information content (AvgIpc) is 2.38. The van der Waals surface area contributed by atoms with Crippen LogP contribution in [0.1, 0.15) is 12.5 Å². The van der Waals surface area contributed by atoms with Gasteiger partial charge in [0.25, 0.3) is 5.69 Å². The van der Waals surface area contributed by atoms with Gasteiger partial charge in [0.2, 0.25) is 5.91 Å². The summed E-state index contributed by atoms with van der Waals surface area (Å²) in [5.74, 6) is -2.03. The lowest BCUT2D eigenvalue weighted by molar-refractivity contribution is -0.385.